The summed E-state index contributed by atoms with van der Waals surface area (Å²) in [6, 6.07) is 19.0. The number of nitrogens with one attached hydrogen (secondary N) is 1. The normalized spacial score (nSPS) is 14.4. The van der Waals surface area contributed by atoms with Crippen molar-refractivity contribution in [1.82, 2.24) is 14.8 Å². The minimum atomic E-state index is -0.513. The van der Waals surface area contributed by atoms with Gasteiger partial charge in [-0.05, 0) is 83.7 Å². The summed E-state index contributed by atoms with van der Waals surface area (Å²) in [6.07, 6.45) is 0. The molecule has 5 rings (SSSR count). The molecule has 0 bridgehead atoms. The lowest BCUT2D eigenvalue weighted by Gasteiger charge is -2.28. The zero-order chi connectivity index (χ0) is 29.1. The van der Waals surface area contributed by atoms with Crippen LogP contribution in [0.15, 0.2) is 86.0 Å². The Kier molecular flexibility index (Phi) is 9.43. The molecular formula is C30H27Br2ClN4O3S. The number of anilines is 1. The van der Waals surface area contributed by atoms with Crippen LogP contribution in [0.25, 0.3) is 0 Å². The van der Waals surface area contributed by atoms with Gasteiger partial charge in [-0.1, -0.05) is 69.6 Å². The van der Waals surface area contributed by atoms with Gasteiger partial charge in [0.1, 0.15) is 12.6 Å². The number of rotatable bonds is 10. The highest BCUT2D eigenvalue weighted by molar-refractivity contribution is 9.10. The Morgan fingerprint density at radius 3 is 2.66 bits per heavy atom. The standard InChI is InChI=1S/C30H27Br2ClN4O3S/c1-4-39-25-14-21(13-23(32)28(25)40-15-19-8-7-10-22(31)12-19)27-26(18(3)38)17(2)34-29-35-30(36-37(27)29)41-16-20-9-5-6-11-24(20)33/h5-14,27H,4,15-16H2,1-3H3,(H,34,35,36). The molecule has 1 aliphatic rings. The Hall–Kier alpha value is -2.79. The van der Waals surface area contributed by atoms with E-state index < -0.39 is 6.04 Å². The summed E-state index contributed by atoms with van der Waals surface area (Å²) in [5.74, 6) is 2.27. The number of ketones is 1. The van der Waals surface area contributed by atoms with Crippen LogP contribution in [-0.2, 0) is 17.2 Å². The molecule has 212 valence electrons. The van der Waals surface area contributed by atoms with Gasteiger partial charge in [-0.15, -0.1) is 5.10 Å². The summed E-state index contributed by atoms with van der Waals surface area (Å²) in [4.78, 5) is 17.7. The molecule has 2 heterocycles. The molecule has 1 aliphatic heterocycles. The monoisotopic (exact) mass is 716 g/mol. The molecule has 41 heavy (non-hydrogen) atoms. The molecule has 1 aromatic heterocycles. The van der Waals surface area contributed by atoms with Gasteiger partial charge in [-0.2, -0.15) is 4.98 Å². The van der Waals surface area contributed by atoms with Crippen molar-refractivity contribution >= 4 is 67.0 Å². The highest BCUT2D eigenvalue weighted by atomic mass is 79.9. The number of nitrogens with zero attached hydrogens (tertiary/aromatic N) is 3. The van der Waals surface area contributed by atoms with Crippen molar-refractivity contribution < 1.29 is 14.3 Å². The van der Waals surface area contributed by atoms with Crippen molar-refractivity contribution in [2.24, 2.45) is 0 Å². The van der Waals surface area contributed by atoms with Crippen molar-refractivity contribution in [3.63, 3.8) is 0 Å². The van der Waals surface area contributed by atoms with E-state index in [1.54, 1.807) is 11.6 Å². The summed E-state index contributed by atoms with van der Waals surface area (Å²) >= 11 is 15.1. The second kappa shape index (κ2) is 13.0. The van der Waals surface area contributed by atoms with Gasteiger partial charge in [0.15, 0.2) is 17.3 Å². The first-order valence-corrected chi connectivity index (χ1v) is 15.8. The molecule has 1 N–H and O–H groups in total. The van der Waals surface area contributed by atoms with Crippen LogP contribution in [0.3, 0.4) is 0 Å². The molecule has 0 fully saturated rings. The number of hydrogen-bond donors (Lipinski definition) is 1. The van der Waals surface area contributed by atoms with Gasteiger partial charge in [-0.25, -0.2) is 4.68 Å². The third-order valence-corrected chi connectivity index (χ3v) is 8.78. The lowest BCUT2D eigenvalue weighted by Crippen LogP contribution is -2.28. The molecule has 0 saturated carbocycles. The van der Waals surface area contributed by atoms with E-state index in [0.29, 0.717) is 56.6 Å². The second-order valence-corrected chi connectivity index (χ2v) is 12.5. The number of halogens is 3. The molecule has 1 unspecified atom stereocenters. The van der Waals surface area contributed by atoms with Crippen LogP contribution in [0.1, 0.15) is 43.5 Å². The molecule has 7 nitrogen and oxygen atoms in total. The van der Waals surface area contributed by atoms with Crippen LogP contribution in [0.5, 0.6) is 11.5 Å². The highest BCUT2D eigenvalue weighted by Gasteiger charge is 2.34. The highest BCUT2D eigenvalue weighted by Crippen LogP contribution is 2.43. The first kappa shape index (κ1) is 29.7. The van der Waals surface area contributed by atoms with Crippen LogP contribution < -0.4 is 14.8 Å². The van der Waals surface area contributed by atoms with E-state index in [4.69, 9.17) is 31.2 Å². The number of carbonyl (C=O) groups excluding carboxylic acids is 1. The summed E-state index contributed by atoms with van der Waals surface area (Å²) < 4.78 is 15.7. The topological polar surface area (TPSA) is 78.3 Å². The van der Waals surface area contributed by atoms with E-state index >= 15 is 0 Å². The van der Waals surface area contributed by atoms with E-state index in [1.807, 2.05) is 74.5 Å². The number of benzene rings is 3. The lowest BCUT2D eigenvalue weighted by atomic mass is 9.93. The minimum Gasteiger partial charge on any atom is -0.490 e. The van der Waals surface area contributed by atoms with Gasteiger partial charge < -0.3 is 14.8 Å². The molecule has 1 atom stereocenters. The molecule has 0 saturated heterocycles. The van der Waals surface area contributed by atoms with Crippen molar-refractivity contribution in [1.29, 1.82) is 0 Å². The van der Waals surface area contributed by atoms with Crippen molar-refractivity contribution in [2.45, 2.75) is 44.3 Å². The van der Waals surface area contributed by atoms with Gasteiger partial charge in [0.25, 0.3) is 0 Å². The fraction of sp³-hybridized carbons (Fsp3) is 0.233. The van der Waals surface area contributed by atoms with Gasteiger partial charge in [0, 0.05) is 26.5 Å². The fourth-order valence-electron chi connectivity index (χ4n) is 4.65. The lowest BCUT2D eigenvalue weighted by molar-refractivity contribution is -0.114. The zero-order valence-electron chi connectivity index (χ0n) is 22.6. The average Bonchev–Trinajstić information content (AvgIpc) is 3.33. The number of allylic oxidation sites excluding steroid dienone is 2. The second-order valence-electron chi connectivity index (χ2n) is 9.35. The van der Waals surface area contributed by atoms with Crippen LogP contribution in [0.2, 0.25) is 5.02 Å². The van der Waals surface area contributed by atoms with E-state index in [9.17, 15) is 4.79 Å². The van der Waals surface area contributed by atoms with E-state index in [1.165, 1.54) is 11.8 Å². The Morgan fingerprint density at radius 1 is 1.12 bits per heavy atom. The average molecular weight is 719 g/mol. The number of thioether (sulfide) groups is 1. The number of fused-ring (bicyclic) bond motifs is 1. The van der Waals surface area contributed by atoms with Gasteiger partial charge >= 0.3 is 0 Å². The van der Waals surface area contributed by atoms with Gasteiger partial charge in [-0.3, -0.25) is 4.79 Å². The summed E-state index contributed by atoms with van der Waals surface area (Å²) in [6.45, 7) is 6.18. The Morgan fingerprint density at radius 2 is 1.93 bits per heavy atom. The number of ether oxygens (including phenoxy) is 2. The van der Waals surface area contributed by atoms with Crippen LogP contribution in [-0.4, -0.2) is 27.2 Å². The minimum absolute atomic E-state index is 0.0597. The number of Topliss-reactive ketones (excluding diaryl/α,β-unsaturated/α-hetero) is 1. The third-order valence-electron chi connectivity index (χ3n) is 6.45. The van der Waals surface area contributed by atoms with Crippen molar-refractivity contribution in [3.05, 3.63) is 103 Å². The van der Waals surface area contributed by atoms with Gasteiger partial charge in [0.05, 0.1) is 11.1 Å². The van der Waals surface area contributed by atoms with E-state index in [-0.39, 0.29) is 5.78 Å². The fourth-order valence-corrected chi connectivity index (χ4v) is 6.78. The first-order valence-electron chi connectivity index (χ1n) is 12.9. The summed E-state index contributed by atoms with van der Waals surface area (Å²) in [5.41, 5.74) is 4.16. The molecular weight excluding hydrogens is 692 g/mol. The number of carbonyl (C=O) groups is 1. The summed E-state index contributed by atoms with van der Waals surface area (Å²) in [7, 11) is 0. The zero-order valence-corrected chi connectivity index (χ0v) is 27.3. The molecule has 11 heteroatoms. The maximum absolute atomic E-state index is 13.0. The Balaban J connectivity index is 1.50. The predicted octanol–water partition coefficient (Wildman–Crippen LogP) is 8.60. The van der Waals surface area contributed by atoms with E-state index in [0.717, 1.165) is 26.9 Å². The predicted molar refractivity (Wildman–Crippen MR) is 170 cm³/mol. The van der Waals surface area contributed by atoms with Crippen LogP contribution >= 0.6 is 55.2 Å². The van der Waals surface area contributed by atoms with Crippen LogP contribution in [0.4, 0.5) is 5.95 Å². The number of hydrogen-bond acceptors (Lipinski definition) is 7. The van der Waals surface area contributed by atoms with E-state index in [2.05, 4.69) is 37.2 Å². The molecule has 0 aliphatic carbocycles. The number of aromatic nitrogens is 3. The Labute approximate surface area is 264 Å². The molecule has 0 amide bonds. The SMILES string of the molecule is CCOc1cc(C2C(C(C)=O)=C(C)Nc3nc(SCc4ccccc4Cl)nn32)cc(Br)c1OCc1cccc(Br)c1. The maximum Gasteiger partial charge on any atom is 0.227 e. The molecule has 0 radical (unpaired) electrons. The van der Waals surface area contributed by atoms with Gasteiger partial charge in [0.2, 0.25) is 11.1 Å². The third kappa shape index (κ3) is 6.66. The van der Waals surface area contributed by atoms with Crippen LogP contribution in [0, 0.1) is 0 Å². The summed E-state index contributed by atoms with van der Waals surface area (Å²) in [5, 5.41) is 9.36. The molecule has 0 spiro atoms. The Bertz CT molecular complexity index is 1640. The first-order chi connectivity index (χ1) is 19.7. The maximum atomic E-state index is 13.0. The molecule has 4 aromatic rings. The van der Waals surface area contributed by atoms with Crippen molar-refractivity contribution in [2.75, 3.05) is 11.9 Å². The largest absolute Gasteiger partial charge is 0.490 e. The molecule has 3 aromatic carbocycles. The smallest absolute Gasteiger partial charge is 0.227 e. The quantitative estimate of drug-likeness (QED) is 0.165. The van der Waals surface area contributed by atoms with Crippen molar-refractivity contribution in [3.8, 4) is 11.5 Å².